The zero-order valence-electron chi connectivity index (χ0n) is 10.3. The lowest BCUT2D eigenvalue weighted by molar-refractivity contribution is -0.122. The highest BCUT2D eigenvalue weighted by Gasteiger charge is 2.13. The van der Waals surface area contributed by atoms with E-state index in [-0.39, 0.29) is 23.0 Å². The van der Waals surface area contributed by atoms with Crippen LogP contribution in [0.15, 0.2) is 9.59 Å². The third kappa shape index (κ3) is 2.44. The summed E-state index contributed by atoms with van der Waals surface area (Å²) in [5, 5.41) is 0. The van der Waals surface area contributed by atoms with Crippen molar-refractivity contribution in [3.63, 3.8) is 0 Å². The monoisotopic (exact) mass is 257 g/mol. The van der Waals surface area contributed by atoms with Gasteiger partial charge in [0.1, 0.15) is 0 Å². The van der Waals surface area contributed by atoms with E-state index in [4.69, 9.17) is 12.2 Å². The maximum absolute atomic E-state index is 11.8. The molecule has 0 aliphatic rings. The Balaban J connectivity index is 3.47. The number of nitrogens with zero attached hydrogens (tertiary/aromatic N) is 3. The summed E-state index contributed by atoms with van der Waals surface area (Å²) in [6, 6.07) is 0. The number of hydrogen-bond donors (Lipinski definition) is 0. The van der Waals surface area contributed by atoms with Crippen LogP contribution in [0.25, 0.3) is 0 Å². The maximum atomic E-state index is 11.8. The summed E-state index contributed by atoms with van der Waals surface area (Å²) >= 11 is 4.99. The molecule has 0 radical (unpaired) electrons. The molecule has 0 amide bonds. The maximum Gasteiger partial charge on any atom is 0.334 e. The zero-order valence-corrected chi connectivity index (χ0v) is 11.1. The second-order valence-corrected chi connectivity index (χ2v) is 4.54. The molecule has 0 spiro atoms. The zero-order chi connectivity index (χ0) is 13.3. The van der Waals surface area contributed by atoms with E-state index in [1.165, 1.54) is 18.7 Å². The first kappa shape index (κ1) is 13.6. The fraction of sp³-hybridized carbons (Fsp3) is 0.600. The van der Waals surface area contributed by atoms with Gasteiger partial charge >= 0.3 is 11.4 Å². The van der Waals surface area contributed by atoms with Gasteiger partial charge in [0.05, 0.1) is 6.54 Å². The van der Waals surface area contributed by atoms with Crippen LogP contribution in [-0.2, 0) is 25.4 Å². The number of Topliss-reactive ketones (excluding diaryl/α,β-unsaturated/α-hetero) is 1. The third-order valence-electron chi connectivity index (χ3n) is 2.57. The molecule has 0 fully saturated rings. The Bertz CT molecular complexity index is 581. The molecule has 0 atom stereocenters. The number of ketones is 1. The fourth-order valence-corrected chi connectivity index (χ4v) is 1.53. The van der Waals surface area contributed by atoms with E-state index in [0.717, 1.165) is 9.13 Å². The number of rotatable bonds is 3. The van der Waals surface area contributed by atoms with Crippen LogP contribution in [-0.4, -0.2) is 19.5 Å². The first-order valence-electron chi connectivity index (χ1n) is 5.17. The molecular weight excluding hydrogens is 242 g/mol. The molecule has 0 aromatic carbocycles. The van der Waals surface area contributed by atoms with Crippen molar-refractivity contribution >= 4 is 18.0 Å². The quantitative estimate of drug-likeness (QED) is 0.706. The Hall–Kier alpha value is -1.50. The highest BCUT2D eigenvalue weighted by molar-refractivity contribution is 7.71. The average Bonchev–Trinajstić information content (AvgIpc) is 2.29. The van der Waals surface area contributed by atoms with Gasteiger partial charge in [0, 0.05) is 20.0 Å². The Labute approximate surface area is 103 Å². The van der Waals surface area contributed by atoms with Crippen molar-refractivity contribution in [3.8, 4) is 0 Å². The lowest BCUT2D eigenvalue weighted by Crippen LogP contribution is -2.44. The molecule has 1 heterocycles. The summed E-state index contributed by atoms with van der Waals surface area (Å²) in [4.78, 5) is 35.0. The van der Waals surface area contributed by atoms with Gasteiger partial charge < -0.3 is 0 Å². The van der Waals surface area contributed by atoms with Crippen LogP contribution in [0, 0.1) is 10.7 Å². The Morgan fingerprint density at radius 2 is 1.71 bits per heavy atom. The molecule has 94 valence electrons. The minimum Gasteiger partial charge on any atom is -0.297 e. The summed E-state index contributed by atoms with van der Waals surface area (Å²) in [6.07, 6.45) is 0. The van der Waals surface area contributed by atoms with E-state index in [2.05, 4.69) is 0 Å². The fourth-order valence-electron chi connectivity index (χ4n) is 1.31. The van der Waals surface area contributed by atoms with E-state index < -0.39 is 11.4 Å². The SMILES string of the molecule is CC(C)C(=O)Cn1c(=O)n(C)c(=O)n(C)c1=S. The highest BCUT2D eigenvalue weighted by atomic mass is 32.1. The van der Waals surface area contributed by atoms with E-state index in [1.54, 1.807) is 13.8 Å². The second-order valence-electron chi connectivity index (χ2n) is 4.17. The van der Waals surface area contributed by atoms with Crippen molar-refractivity contribution in [2.24, 2.45) is 20.0 Å². The third-order valence-corrected chi connectivity index (χ3v) is 3.06. The smallest absolute Gasteiger partial charge is 0.297 e. The van der Waals surface area contributed by atoms with Gasteiger partial charge in [0.15, 0.2) is 10.6 Å². The van der Waals surface area contributed by atoms with E-state index >= 15 is 0 Å². The van der Waals surface area contributed by atoms with Crippen molar-refractivity contribution in [2.45, 2.75) is 20.4 Å². The molecular formula is C10H15N3O3S. The lowest BCUT2D eigenvalue weighted by Gasteiger charge is -2.11. The molecule has 1 rings (SSSR count). The second kappa shape index (κ2) is 4.79. The first-order valence-corrected chi connectivity index (χ1v) is 5.57. The molecule has 1 aromatic rings. The Morgan fingerprint density at radius 1 is 1.18 bits per heavy atom. The number of carbonyl (C=O) groups is 1. The van der Waals surface area contributed by atoms with E-state index in [9.17, 15) is 14.4 Å². The summed E-state index contributed by atoms with van der Waals surface area (Å²) in [5.74, 6) is -0.282. The van der Waals surface area contributed by atoms with Gasteiger partial charge in [-0.05, 0) is 12.2 Å². The average molecular weight is 257 g/mol. The summed E-state index contributed by atoms with van der Waals surface area (Å²) in [7, 11) is 2.83. The van der Waals surface area contributed by atoms with Gasteiger partial charge in [-0.2, -0.15) is 0 Å². The molecule has 0 saturated heterocycles. The molecule has 17 heavy (non-hydrogen) atoms. The predicted octanol–water partition coefficient (Wildman–Crippen LogP) is -0.160. The van der Waals surface area contributed by atoms with E-state index in [0.29, 0.717) is 0 Å². The van der Waals surface area contributed by atoms with Crippen molar-refractivity contribution < 1.29 is 4.79 Å². The molecule has 6 nitrogen and oxygen atoms in total. The van der Waals surface area contributed by atoms with Crippen LogP contribution < -0.4 is 11.4 Å². The van der Waals surface area contributed by atoms with Crippen LogP contribution in [0.2, 0.25) is 0 Å². The molecule has 0 unspecified atom stereocenters. The summed E-state index contributed by atoms with van der Waals surface area (Å²) in [6.45, 7) is 3.40. The topological polar surface area (TPSA) is 66.0 Å². The molecule has 0 aliphatic carbocycles. The number of hydrogen-bond acceptors (Lipinski definition) is 4. The van der Waals surface area contributed by atoms with Crippen LogP contribution in [0.5, 0.6) is 0 Å². The molecule has 0 saturated carbocycles. The largest absolute Gasteiger partial charge is 0.334 e. The lowest BCUT2D eigenvalue weighted by atomic mass is 10.1. The minimum absolute atomic E-state index is 0.0621. The molecule has 0 N–H and O–H groups in total. The highest BCUT2D eigenvalue weighted by Crippen LogP contribution is 1.96. The normalized spacial score (nSPS) is 10.9. The molecule has 0 bridgehead atoms. The van der Waals surface area contributed by atoms with Crippen molar-refractivity contribution in [3.05, 3.63) is 25.7 Å². The van der Waals surface area contributed by atoms with Gasteiger partial charge in [-0.25, -0.2) is 14.2 Å². The van der Waals surface area contributed by atoms with Crippen LogP contribution in [0.3, 0.4) is 0 Å². The molecule has 7 heteroatoms. The predicted molar refractivity (Wildman–Crippen MR) is 65.6 cm³/mol. The summed E-state index contributed by atoms with van der Waals surface area (Å²) in [5.41, 5.74) is -1.06. The Kier molecular flexibility index (Phi) is 3.82. The standard InChI is InChI=1S/C10H15N3O3S/c1-6(2)7(14)5-13-9(16)11(3)8(15)12(4)10(13)17/h6H,5H2,1-4H3. The van der Waals surface area contributed by atoms with E-state index in [1.807, 2.05) is 0 Å². The summed E-state index contributed by atoms with van der Waals surface area (Å²) < 4.78 is 3.30. The molecule has 0 aliphatic heterocycles. The molecule has 1 aromatic heterocycles. The van der Waals surface area contributed by atoms with Gasteiger partial charge in [0.2, 0.25) is 0 Å². The number of aromatic nitrogens is 3. The van der Waals surface area contributed by atoms with Gasteiger partial charge in [-0.1, -0.05) is 13.8 Å². The number of carbonyl (C=O) groups excluding carboxylic acids is 1. The van der Waals surface area contributed by atoms with Gasteiger partial charge in [-0.15, -0.1) is 0 Å². The van der Waals surface area contributed by atoms with Gasteiger partial charge in [0.25, 0.3) is 0 Å². The first-order chi connectivity index (χ1) is 7.77. The van der Waals surface area contributed by atoms with Crippen LogP contribution in [0.4, 0.5) is 0 Å². The van der Waals surface area contributed by atoms with Crippen LogP contribution >= 0.6 is 12.2 Å². The van der Waals surface area contributed by atoms with Crippen molar-refractivity contribution in [1.29, 1.82) is 0 Å². The Morgan fingerprint density at radius 3 is 2.18 bits per heavy atom. The van der Waals surface area contributed by atoms with Gasteiger partial charge in [-0.3, -0.25) is 13.9 Å². The van der Waals surface area contributed by atoms with Crippen LogP contribution in [0.1, 0.15) is 13.8 Å². The van der Waals surface area contributed by atoms with Crippen molar-refractivity contribution in [2.75, 3.05) is 0 Å². The minimum atomic E-state index is -0.563. The van der Waals surface area contributed by atoms with Crippen molar-refractivity contribution in [1.82, 2.24) is 13.7 Å².